The second-order valence-electron chi connectivity index (χ2n) is 5.44. The van der Waals surface area contributed by atoms with Gasteiger partial charge in [0.2, 0.25) is 0 Å². The fourth-order valence-electron chi connectivity index (χ4n) is 2.46. The van der Waals surface area contributed by atoms with E-state index in [1.165, 1.54) is 6.26 Å². The van der Waals surface area contributed by atoms with E-state index < -0.39 is 9.84 Å². The maximum absolute atomic E-state index is 11.5. The number of rotatable bonds is 5. The summed E-state index contributed by atoms with van der Waals surface area (Å²) >= 11 is 0. The van der Waals surface area contributed by atoms with Crippen molar-refractivity contribution in [2.24, 2.45) is 0 Å². The van der Waals surface area contributed by atoms with Crippen molar-refractivity contribution in [3.63, 3.8) is 0 Å². The molecule has 2 rings (SSSR count). The van der Waals surface area contributed by atoms with E-state index in [9.17, 15) is 8.42 Å². The van der Waals surface area contributed by atoms with Gasteiger partial charge >= 0.3 is 0 Å². The molecular formula is C17H20O2S. The normalized spacial score (nSPS) is 12.3. The van der Waals surface area contributed by atoms with E-state index in [4.69, 9.17) is 0 Å². The first-order chi connectivity index (χ1) is 9.42. The molecule has 0 bridgehead atoms. The topological polar surface area (TPSA) is 34.1 Å². The van der Waals surface area contributed by atoms with Crippen LogP contribution in [0, 0.1) is 0 Å². The molecule has 0 aromatic heterocycles. The van der Waals surface area contributed by atoms with Crippen molar-refractivity contribution >= 4 is 9.84 Å². The molecule has 0 saturated carbocycles. The summed E-state index contributed by atoms with van der Waals surface area (Å²) in [5, 5.41) is 0. The predicted molar refractivity (Wildman–Crippen MR) is 83.7 cm³/mol. The zero-order valence-corrected chi connectivity index (χ0v) is 12.7. The lowest BCUT2D eigenvalue weighted by atomic mass is 9.74. The highest BCUT2D eigenvalue weighted by molar-refractivity contribution is 7.90. The van der Waals surface area contributed by atoms with Gasteiger partial charge < -0.3 is 0 Å². The lowest BCUT2D eigenvalue weighted by Crippen LogP contribution is -2.26. The van der Waals surface area contributed by atoms with Crippen molar-refractivity contribution in [1.82, 2.24) is 0 Å². The van der Waals surface area contributed by atoms with Crippen LogP contribution in [0.25, 0.3) is 0 Å². The molecule has 0 saturated heterocycles. The summed E-state index contributed by atoms with van der Waals surface area (Å²) in [7, 11) is -2.97. The van der Waals surface area contributed by atoms with Gasteiger partial charge in [0.25, 0.3) is 0 Å². The Hall–Kier alpha value is -1.61. The van der Waals surface area contributed by atoms with Gasteiger partial charge in [-0.1, -0.05) is 67.6 Å². The van der Waals surface area contributed by atoms with Gasteiger partial charge in [0.15, 0.2) is 0 Å². The van der Waals surface area contributed by atoms with E-state index in [1.54, 1.807) is 0 Å². The Balaban J connectivity index is 2.44. The second-order valence-corrected chi connectivity index (χ2v) is 7.70. The fraction of sp³-hybridized carbons (Fsp3) is 0.294. The molecule has 3 heteroatoms. The van der Waals surface area contributed by atoms with E-state index in [0.717, 1.165) is 11.1 Å². The summed E-state index contributed by atoms with van der Waals surface area (Å²) in [4.78, 5) is 0. The second kappa shape index (κ2) is 5.80. The summed E-state index contributed by atoms with van der Waals surface area (Å²) < 4.78 is 23.1. The Labute approximate surface area is 121 Å². The molecule has 106 valence electrons. The van der Waals surface area contributed by atoms with Gasteiger partial charge in [0.1, 0.15) is 9.84 Å². The van der Waals surface area contributed by atoms with Crippen LogP contribution in [0.3, 0.4) is 0 Å². The van der Waals surface area contributed by atoms with Crippen LogP contribution in [0.1, 0.15) is 24.5 Å². The molecule has 0 fully saturated rings. The lowest BCUT2D eigenvalue weighted by molar-refractivity contribution is 0.537. The highest BCUT2D eigenvalue weighted by Gasteiger charge is 2.29. The average Bonchev–Trinajstić information content (AvgIpc) is 2.46. The highest BCUT2D eigenvalue weighted by Crippen LogP contribution is 2.35. The number of sulfone groups is 1. The SMILES string of the molecule is CC(CCS(C)(=O)=O)(c1ccccc1)c1ccccc1. The molecule has 0 amide bonds. The van der Waals surface area contributed by atoms with E-state index >= 15 is 0 Å². The Kier molecular flexibility index (Phi) is 4.29. The third kappa shape index (κ3) is 3.48. The standard InChI is InChI=1S/C17H20O2S/c1-17(13-14-20(2,18)19,15-9-5-3-6-10-15)16-11-7-4-8-12-16/h3-12H,13-14H2,1-2H3. The van der Waals surface area contributed by atoms with E-state index in [-0.39, 0.29) is 11.2 Å². The van der Waals surface area contributed by atoms with Crippen LogP contribution in [0.2, 0.25) is 0 Å². The largest absolute Gasteiger partial charge is 0.229 e. The number of hydrogen-bond acceptors (Lipinski definition) is 2. The molecule has 0 aliphatic carbocycles. The van der Waals surface area contributed by atoms with Crippen LogP contribution in [0.5, 0.6) is 0 Å². The number of hydrogen-bond donors (Lipinski definition) is 0. The Morgan fingerprint density at radius 1 is 0.850 bits per heavy atom. The molecule has 0 atom stereocenters. The average molecular weight is 288 g/mol. The van der Waals surface area contributed by atoms with Crippen molar-refractivity contribution in [2.45, 2.75) is 18.8 Å². The van der Waals surface area contributed by atoms with E-state index in [0.29, 0.717) is 6.42 Å². The maximum Gasteiger partial charge on any atom is 0.147 e. The van der Waals surface area contributed by atoms with Gasteiger partial charge in [0.05, 0.1) is 5.75 Å². The smallest absolute Gasteiger partial charge is 0.147 e. The Bertz CT molecular complexity index is 606. The van der Waals surface area contributed by atoms with Crippen LogP contribution in [0.4, 0.5) is 0 Å². The Morgan fingerprint density at radius 2 is 1.25 bits per heavy atom. The summed E-state index contributed by atoms with van der Waals surface area (Å²) in [5.41, 5.74) is 2.01. The van der Waals surface area contributed by atoms with Gasteiger partial charge in [-0.25, -0.2) is 8.42 Å². The quantitative estimate of drug-likeness (QED) is 0.844. The fourth-order valence-corrected chi connectivity index (χ4v) is 3.24. The molecule has 0 radical (unpaired) electrons. The highest BCUT2D eigenvalue weighted by atomic mass is 32.2. The van der Waals surface area contributed by atoms with Crippen molar-refractivity contribution in [3.8, 4) is 0 Å². The first kappa shape index (κ1) is 14.8. The summed E-state index contributed by atoms with van der Waals surface area (Å²) in [6.45, 7) is 2.11. The van der Waals surface area contributed by atoms with E-state index in [2.05, 4.69) is 31.2 Å². The summed E-state index contributed by atoms with van der Waals surface area (Å²) in [6.07, 6.45) is 1.88. The van der Waals surface area contributed by atoms with Crippen LogP contribution in [-0.4, -0.2) is 20.4 Å². The van der Waals surface area contributed by atoms with Crippen molar-refractivity contribution in [3.05, 3.63) is 71.8 Å². The molecular weight excluding hydrogens is 268 g/mol. The third-order valence-corrected chi connectivity index (χ3v) is 4.74. The van der Waals surface area contributed by atoms with Gasteiger partial charge in [-0.3, -0.25) is 0 Å². The van der Waals surface area contributed by atoms with Crippen LogP contribution in [-0.2, 0) is 15.3 Å². The monoisotopic (exact) mass is 288 g/mol. The van der Waals surface area contributed by atoms with Crippen molar-refractivity contribution in [1.29, 1.82) is 0 Å². The summed E-state index contributed by atoms with van der Waals surface area (Å²) in [5.74, 6) is 0.188. The zero-order valence-electron chi connectivity index (χ0n) is 11.9. The minimum atomic E-state index is -2.97. The molecule has 0 aliphatic heterocycles. The molecule has 0 aliphatic rings. The summed E-state index contributed by atoms with van der Waals surface area (Å²) in [6, 6.07) is 20.2. The molecule has 0 spiro atoms. The van der Waals surface area contributed by atoms with Gasteiger partial charge in [0, 0.05) is 11.7 Å². The molecule has 2 aromatic carbocycles. The predicted octanol–water partition coefficient (Wildman–Crippen LogP) is 3.43. The minimum Gasteiger partial charge on any atom is -0.229 e. The minimum absolute atomic E-state index is 0.188. The van der Waals surface area contributed by atoms with Crippen LogP contribution in [0.15, 0.2) is 60.7 Å². The molecule has 0 heterocycles. The molecule has 0 unspecified atom stereocenters. The first-order valence-electron chi connectivity index (χ1n) is 6.71. The number of benzene rings is 2. The van der Waals surface area contributed by atoms with Gasteiger partial charge in [-0.2, -0.15) is 0 Å². The van der Waals surface area contributed by atoms with E-state index in [1.807, 2.05) is 36.4 Å². The van der Waals surface area contributed by atoms with Crippen molar-refractivity contribution in [2.75, 3.05) is 12.0 Å². The molecule has 2 aromatic rings. The zero-order chi connectivity index (χ0) is 14.6. The maximum atomic E-state index is 11.5. The lowest BCUT2D eigenvalue weighted by Gasteiger charge is -2.31. The first-order valence-corrected chi connectivity index (χ1v) is 8.77. The molecule has 0 N–H and O–H groups in total. The van der Waals surface area contributed by atoms with Crippen LogP contribution < -0.4 is 0 Å². The molecule has 20 heavy (non-hydrogen) atoms. The Morgan fingerprint density at radius 3 is 1.60 bits per heavy atom. The van der Waals surface area contributed by atoms with Gasteiger partial charge in [-0.15, -0.1) is 0 Å². The van der Waals surface area contributed by atoms with Gasteiger partial charge in [-0.05, 0) is 17.5 Å². The van der Waals surface area contributed by atoms with Crippen molar-refractivity contribution < 1.29 is 8.42 Å². The third-order valence-electron chi connectivity index (χ3n) is 3.79. The van der Waals surface area contributed by atoms with Crippen LogP contribution >= 0.6 is 0 Å². The molecule has 2 nitrogen and oxygen atoms in total.